The third-order valence-electron chi connectivity index (χ3n) is 4.14. The smallest absolute Gasteiger partial charge is 0.0793 e. The predicted molar refractivity (Wildman–Crippen MR) is 72.7 cm³/mol. The second kappa shape index (κ2) is 6.85. The zero-order chi connectivity index (χ0) is 13.0. The minimum atomic E-state index is -0.219. The fourth-order valence-corrected chi connectivity index (χ4v) is 2.95. The maximum atomic E-state index is 10.2. The molecule has 2 unspecified atom stereocenters. The zero-order valence-corrected chi connectivity index (χ0v) is 11.8. The third kappa shape index (κ3) is 4.50. The number of morpholine rings is 1. The van der Waals surface area contributed by atoms with Gasteiger partial charge in [-0.15, -0.1) is 0 Å². The topological polar surface area (TPSA) is 35.9 Å². The van der Waals surface area contributed by atoms with Crippen molar-refractivity contribution in [2.45, 2.75) is 38.9 Å². The molecular formula is C14H28N2O2. The van der Waals surface area contributed by atoms with Crippen LogP contribution < -0.4 is 0 Å². The van der Waals surface area contributed by atoms with Gasteiger partial charge in [0.1, 0.15) is 0 Å². The lowest BCUT2D eigenvalue weighted by molar-refractivity contribution is -0.0357. The van der Waals surface area contributed by atoms with Gasteiger partial charge in [0.05, 0.1) is 18.8 Å². The molecule has 0 aromatic heterocycles. The molecule has 0 aromatic rings. The Morgan fingerprint density at radius 2 is 1.78 bits per heavy atom. The van der Waals surface area contributed by atoms with Crippen molar-refractivity contribution in [3.8, 4) is 0 Å². The van der Waals surface area contributed by atoms with Crippen molar-refractivity contribution in [3.05, 3.63) is 0 Å². The highest BCUT2D eigenvalue weighted by Gasteiger charge is 2.22. The fourth-order valence-electron chi connectivity index (χ4n) is 2.95. The van der Waals surface area contributed by atoms with Crippen LogP contribution in [0.25, 0.3) is 0 Å². The van der Waals surface area contributed by atoms with E-state index in [1.807, 2.05) is 0 Å². The van der Waals surface area contributed by atoms with Crippen molar-refractivity contribution in [1.82, 2.24) is 9.80 Å². The summed E-state index contributed by atoms with van der Waals surface area (Å²) in [5, 5.41) is 10.2. The molecule has 2 saturated heterocycles. The Balaban J connectivity index is 1.66. The first-order valence-corrected chi connectivity index (χ1v) is 7.38. The molecule has 2 fully saturated rings. The first kappa shape index (κ1) is 14.3. The SMILES string of the molecule is CC1CCN(CC(O)CN2CCOC(C)C2)CC1. The monoisotopic (exact) mass is 256 g/mol. The van der Waals surface area contributed by atoms with Gasteiger partial charge in [0.2, 0.25) is 0 Å². The van der Waals surface area contributed by atoms with E-state index in [0.717, 1.165) is 51.8 Å². The largest absolute Gasteiger partial charge is 0.390 e. The fraction of sp³-hybridized carbons (Fsp3) is 1.00. The molecule has 4 nitrogen and oxygen atoms in total. The van der Waals surface area contributed by atoms with Gasteiger partial charge >= 0.3 is 0 Å². The summed E-state index contributed by atoms with van der Waals surface area (Å²) in [4.78, 5) is 4.74. The van der Waals surface area contributed by atoms with E-state index < -0.39 is 0 Å². The van der Waals surface area contributed by atoms with Crippen molar-refractivity contribution in [1.29, 1.82) is 0 Å². The third-order valence-corrected chi connectivity index (χ3v) is 4.14. The molecule has 2 heterocycles. The number of piperidine rings is 1. The highest BCUT2D eigenvalue weighted by atomic mass is 16.5. The molecule has 0 aliphatic carbocycles. The van der Waals surface area contributed by atoms with Gasteiger partial charge in [0, 0.05) is 26.2 Å². The average Bonchev–Trinajstić information content (AvgIpc) is 2.32. The number of hydrogen-bond acceptors (Lipinski definition) is 4. The molecule has 4 heteroatoms. The van der Waals surface area contributed by atoms with Crippen LogP contribution in [-0.4, -0.2) is 73.0 Å². The van der Waals surface area contributed by atoms with Gasteiger partial charge in [-0.25, -0.2) is 0 Å². The van der Waals surface area contributed by atoms with E-state index in [1.165, 1.54) is 12.8 Å². The minimum absolute atomic E-state index is 0.219. The quantitative estimate of drug-likeness (QED) is 0.807. The highest BCUT2D eigenvalue weighted by molar-refractivity contribution is 4.76. The summed E-state index contributed by atoms with van der Waals surface area (Å²) in [6.45, 7) is 11.1. The molecule has 2 aliphatic rings. The Morgan fingerprint density at radius 3 is 2.44 bits per heavy atom. The molecule has 0 radical (unpaired) electrons. The number of ether oxygens (including phenoxy) is 1. The highest BCUT2D eigenvalue weighted by Crippen LogP contribution is 2.16. The molecule has 0 saturated carbocycles. The summed E-state index contributed by atoms with van der Waals surface area (Å²) in [5.41, 5.74) is 0. The van der Waals surface area contributed by atoms with Gasteiger partial charge in [-0.2, -0.15) is 0 Å². The van der Waals surface area contributed by atoms with Crippen LogP contribution in [0.3, 0.4) is 0 Å². The van der Waals surface area contributed by atoms with E-state index in [2.05, 4.69) is 23.6 Å². The van der Waals surface area contributed by atoms with Crippen molar-refractivity contribution in [2.75, 3.05) is 45.9 Å². The van der Waals surface area contributed by atoms with E-state index in [-0.39, 0.29) is 6.10 Å². The molecule has 0 amide bonds. The first-order valence-electron chi connectivity index (χ1n) is 7.38. The molecule has 2 rings (SSSR count). The lowest BCUT2D eigenvalue weighted by atomic mass is 9.99. The van der Waals surface area contributed by atoms with Crippen LogP contribution in [0.1, 0.15) is 26.7 Å². The van der Waals surface area contributed by atoms with E-state index in [0.29, 0.717) is 6.10 Å². The number of likely N-dealkylation sites (tertiary alicyclic amines) is 1. The van der Waals surface area contributed by atoms with Crippen molar-refractivity contribution >= 4 is 0 Å². The van der Waals surface area contributed by atoms with Gasteiger partial charge in [0.25, 0.3) is 0 Å². The first-order chi connectivity index (χ1) is 8.63. The van der Waals surface area contributed by atoms with Crippen molar-refractivity contribution < 1.29 is 9.84 Å². The Bertz CT molecular complexity index is 242. The predicted octanol–water partition coefficient (Wildman–Crippen LogP) is 0.800. The zero-order valence-electron chi connectivity index (χ0n) is 11.8. The van der Waals surface area contributed by atoms with Gasteiger partial charge in [-0.05, 0) is 38.8 Å². The second-order valence-electron chi connectivity index (χ2n) is 6.08. The molecule has 0 bridgehead atoms. The van der Waals surface area contributed by atoms with Crippen LogP contribution in [0, 0.1) is 5.92 Å². The van der Waals surface area contributed by atoms with E-state index in [1.54, 1.807) is 0 Å². The lowest BCUT2D eigenvalue weighted by Crippen LogP contribution is -2.47. The summed E-state index contributed by atoms with van der Waals surface area (Å²) in [6, 6.07) is 0. The molecule has 1 N–H and O–H groups in total. The summed E-state index contributed by atoms with van der Waals surface area (Å²) in [5.74, 6) is 0.860. The number of aliphatic hydroxyl groups is 1. The van der Waals surface area contributed by atoms with Crippen molar-refractivity contribution in [3.63, 3.8) is 0 Å². The number of nitrogens with zero attached hydrogens (tertiary/aromatic N) is 2. The normalized spacial score (nSPS) is 30.5. The maximum Gasteiger partial charge on any atom is 0.0793 e. The minimum Gasteiger partial charge on any atom is -0.390 e. The Kier molecular flexibility index (Phi) is 5.42. The lowest BCUT2D eigenvalue weighted by Gasteiger charge is -2.35. The number of hydrogen-bond donors (Lipinski definition) is 1. The second-order valence-corrected chi connectivity index (χ2v) is 6.08. The summed E-state index contributed by atoms with van der Waals surface area (Å²) >= 11 is 0. The van der Waals surface area contributed by atoms with Crippen LogP contribution >= 0.6 is 0 Å². The van der Waals surface area contributed by atoms with E-state index in [9.17, 15) is 5.11 Å². The van der Waals surface area contributed by atoms with Crippen molar-refractivity contribution in [2.24, 2.45) is 5.92 Å². The van der Waals surface area contributed by atoms with Crippen LogP contribution in [-0.2, 0) is 4.74 Å². The number of aliphatic hydroxyl groups excluding tert-OH is 1. The Morgan fingerprint density at radius 1 is 1.11 bits per heavy atom. The van der Waals surface area contributed by atoms with E-state index in [4.69, 9.17) is 4.74 Å². The van der Waals surface area contributed by atoms with Crippen LogP contribution in [0.5, 0.6) is 0 Å². The summed E-state index contributed by atoms with van der Waals surface area (Å²) in [7, 11) is 0. The maximum absolute atomic E-state index is 10.2. The number of rotatable bonds is 4. The summed E-state index contributed by atoms with van der Waals surface area (Å²) < 4.78 is 5.52. The molecule has 0 spiro atoms. The standard InChI is InChI=1S/C14H28N2O2/c1-12-3-5-15(6-4-12)10-14(17)11-16-7-8-18-13(2)9-16/h12-14,17H,3-11H2,1-2H3. The molecular weight excluding hydrogens is 228 g/mol. The van der Waals surface area contributed by atoms with Gasteiger partial charge < -0.3 is 14.7 Å². The van der Waals surface area contributed by atoms with Crippen LogP contribution in [0.15, 0.2) is 0 Å². The Hall–Kier alpha value is -0.160. The van der Waals surface area contributed by atoms with Gasteiger partial charge in [-0.3, -0.25) is 4.90 Å². The van der Waals surface area contributed by atoms with Gasteiger partial charge in [-0.1, -0.05) is 6.92 Å². The van der Waals surface area contributed by atoms with E-state index >= 15 is 0 Å². The molecule has 0 aromatic carbocycles. The van der Waals surface area contributed by atoms with Gasteiger partial charge in [0.15, 0.2) is 0 Å². The molecule has 2 aliphatic heterocycles. The number of β-amino-alcohol motifs (C(OH)–C–C–N with tert-alkyl or cyclic N) is 1. The molecule has 2 atom stereocenters. The molecule has 18 heavy (non-hydrogen) atoms. The molecule has 106 valence electrons. The summed E-state index contributed by atoms with van der Waals surface area (Å²) in [6.07, 6.45) is 2.65. The average molecular weight is 256 g/mol. The van der Waals surface area contributed by atoms with Crippen LogP contribution in [0.2, 0.25) is 0 Å². The Labute approximate surface area is 111 Å². The van der Waals surface area contributed by atoms with Crippen LogP contribution in [0.4, 0.5) is 0 Å².